The molecule has 1 aromatic rings. The third-order valence-corrected chi connectivity index (χ3v) is 3.45. The number of ether oxygens (including phenoxy) is 1. The molecule has 0 amide bonds. The fourth-order valence-corrected chi connectivity index (χ4v) is 2.44. The lowest BCUT2D eigenvalue weighted by Gasteiger charge is -2.26. The number of esters is 1. The molecule has 1 saturated carbocycles. The molecule has 0 bridgehead atoms. The third-order valence-electron chi connectivity index (χ3n) is 3.45. The topological polar surface area (TPSA) is 38.7 Å². The molecule has 3 heteroatoms. The Hall–Kier alpha value is -1.64. The van der Waals surface area contributed by atoms with Gasteiger partial charge in [0.2, 0.25) is 0 Å². The van der Waals surface area contributed by atoms with Crippen LogP contribution < -0.4 is 0 Å². The summed E-state index contributed by atoms with van der Waals surface area (Å²) in [7, 11) is 1.45. The fraction of sp³-hybridized carbons (Fsp3) is 0.467. The number of benzene rings is 1. The molecule has 0 aromatic heterocycles. The predicted molar refractivity (Wildman–Crippen MR) is 71.8 cm³/mol. The summed E-state index contributed by atoms with van der Waals surface area (Å²) in [6, 6.07) is 10.1. The Bertz CT molecular complexity index is 414. The molecule has 1 fully saturated rings. The van der Waals surface area contributed by atoms with Gasteiger partial charge in [-0.25, -0.2) is 0 Å². The summed E-state index contributed by atoms with van der Waals surface area (Å²) < 4.78 is 4.86. The van der Waals surface area contributed by atoms with Crippen LogP contribution in [0.2, 0.25) is 0 Å². The zero-order valence-corrected chi connectivity index (χ0v) is 10.7. The lowest BCUT2D eigenvalue weighted by atomic mass is 9.85. The highest BCUT2D eigenvalue weighted by atomic mass is 16.5. The highest BCUT2D eigenvalue weighted by molar-refractivity contribution is 5.80. The molecule has 96 valence electrons. The van der Waals surface area contributed by atoms with Gasteiger partial charge >= 0.3 is 5.97 Å². The molecule has 0 radical (unpaired) electrons. The summed E-state index contributed by atoms with van der Waals surface area (Å²) in [4.78, 5) is 16.3. The van der Waals surface area contributed by atoms with Crippen molar-refractivity contribution in [1.82, 2.24) is 0 Å². The Morgan fingerprint density at radius 2 is 2.00 bits per heavy atom. The standard InChI is InChI=1S/C15H19NO2/c1-18-15(17)13-9-5-6-10-14(13)16-11-12-7-3-2-4-8-12/h2-4,7-8,11,13-14H,5-6,9-10H2,1H3/t13-,14+/m0/s1. The number of carbonyl (C=O) groups excluding carboxylic acids is 1. The van der Waals surface area contributed by atoms with E-state index in [-0.39, 0.29) is 17.9 Å². The molecule has 2 rings (SSSR count). The van der Waals surface area contributed by atoms with Crippen molar-refractivity contribution in [3.05, 3.63) is 35.9 Å². The first-order valence-corrected chi connectivity index (χ1v) is 6.47. The first-order chi connectivity index (χ1) is 8.81. The van der Waals surface area contributed by atoms with Gasteiger partial charge in [0, 0.05) is 6.21 Å². The molecule has 0 N–H and O–H groups in total. The maximum absolute atomic E-state index is 11.7. The van der Waals surface area contributed by atoms with Gasteiger partial charge in [-0.05, 0) is 18.4 Å². The van der Waals surface area contributed by atoms with Gasteiger partial charge in [0.15, 0.2) is 0 Å². The number of nitrogens with zero attached hydrogens (tertiary/aromatic N) is 1. The first-order valence-electron chi connectivity index (χ1n) is 6.47. The Morgan fingerprint density at radius 3 is 2.72 bits per heavy atom. The van der Waals surface area contributed by atoms with Crippen molar-refractivity contribution >= 4 is 12.2 Å². The normalized spacial score (nSPS) is 24.1. The average molecular weight is 245 g/mol. The SMILES string of the molecule is COC(=O)[C@H]1CCCC[C@H]1N=Cc1ccccc1. The maximum Gasteiger partial charge on any atom is 0.310 e. The van der Waals surface area contributed by atoms with Gasteiger partial charge in [-0.2, -0.15) is 0 Å². The molecule has 0 saturated heterocycles. The highest BCUT2D eigenvalue weighted by Crippen LogP contribution is 2.27. The largest absolute Gasteiger partial charge is 0.469 e. The van der Waals surface area contributed by atoms with Crippen molar-refractivity contribution in [2.45, 2.75) is 31.7 Å². The summed E-state index contributed by atoms with van der Waals surface area (Å²) in [6.07, 6.45) is 5.97. The second kappa shape index (κ2) is 6.34. The first kappa shape index (κ1) is 12.8. The number of rotatable bonds is 3. The van der Waals surface area contributed by atoms with Crippen LogP contribution in [0.4, 0.5) is 0 Å². The Morgan fingerprint density at radius 1 is 1.28 bits per heavy atom. The number of carbonyl (C=O) groups is 1. The number of hydrogen-bond acceptors (Lipinski definition) is 3. The quantitative estimate of drug-likeness (QED) is 0.606. The van der Waals surface area contributed by atoms with E-state index in [4.69, 9.17) is 4.74 Å². The van der Waals surface area contributed by atoms with Crippen LogP contribution in [-0.2, 0) is 9.53 Å². The van der Waals surface area contributed by atoms with Crippen LogP contribution in [0, 0.1) is 5.92 Å². The molecular formula is C15H19NO2. The van der Waals surface area contributed by atoms with Crippen molar-refractivity contribution in [1.29, 1.82) is 0 Å². The van der Waals surface area contributed by atoms with Crippen LogP contribution in [0.15, 0.2) is 35.3 Å². The van der Waals surface area contributed by atoms with E-state index >= 15 is 0 Å². The minimum absolute atomic E-state index is 0.0660. The van der Waals surface area contributed by atoms with Crippen molar-refractivity contribution < 1.29 is 9.53 Å². The van der Waals surface area contributed by atoms with E-state index < -0.39 is 0 Å². The molecule has 1 aliphatic carbocycles. The van der Waals surface area contributed by atoms with E-state index in [9.17, 15) is 4.79 Å². The van der Waals surface area contributed by atoms with E-state index in [1.54, 1.807) is 0 Å². The van der Waals surface area contributed by atoms with E-state index in [0.717, 1.165) is 31.2 Å². The molecule has 18 heavy (non-hydrogen) atoms. The molecule has 0 heterocycles. The zero-order chi connectivity index (χ0) is 12.8. The van der Waals surface area contributed by atoms with E-state index in [0.29, 0.717) is 0 Å². The van der Waals surface area contributed by atoms with Crippen molar-refractivity contribution in [2.75, 3.05) is 7.11 Å². The second-order valence-corrected chi connectivity index (χ2v) is 4.67. The second-order valence-electron chi connectivity index (χ2n) is 4.67. The van der Waals surface area contributed by atoms with Crippen LogP contribution in [0.1, 0.15) is 31.2 Å². The molecule has 1 aromatic carbocycles. The van der Waals surface area contributed by atoms with Gasteiger partial charge in [-0.3, -0.25) is 9.79 Å². The van der Waals surface area contributed by atoms with Crippen LogP contribution in [-0.4, -0.2) is 25.3 Å². The highest BCUT2D eigenvalue weighted by Gasteiger charge is 2.30. The van der Waals surface area contributed by atoms with Gasteiger partial charge in [-0.1, -0.05) is 43.2 Å². The predicted octanol–water partition coefficient (Wildman–Crippen LogP) is 2.84. The maximum atomic E-state index is 11.7. The Labute approximate surface area is 108 Å². The zero-order valence-electron chi connectivity index (χ0n) is 10.7. The number of aliphatic imine (C=N–C) groups is 1. The van der Waals surface area contributed by atoms with Crippen LogP contribution in [0.3, 0.4) is 0 Å². The molecule has 3 nitrogen and oxygen atoms in total. The summed E-state index contributed by atoms with van der Waals surface area (Å²) in [5.41, 5.74) is 1.08. The lowest BCUT2D eigenvalue weighted by Crippen LogP contribution is -2.31. The summed E-state index contributed by atoms with van der Waals surface area (Å²) in [6.45, 7) is 0. The van der Waals surface area contributed by atoms with E-state index in [1.165, 1.54) is 7.11 Å². The van der Waals surface area contributed by atoms with E-state index in [1.807, 2.05) is 36.5 Å². The molecular weight excluding hydrogens is 226 g/mol. The Kier molecular flexibility index (Phi) is 4.51. The lowest BCUT2D eigenvalue weighted by molar-refractivity contribution is -0.147. The van der Waals surface area contributed by atoms with Crippen LogP contribution >= 0.6 is 0 Å². The van der Waals surface area contributed by atoms with Crippen LogP contribution in [0.25, 0.3) is 0 Å². The summed E-state index contributed by atoms with van der Waals surface area (Å²) in [5, 5.41) is 0. The summed E-state index contributed by atoms with van der Waals surface area (Å²) in [5.74, 6) is -0.186. The van der Waals surface area contributed by atoms with Crippen LogP contribution in [0.5, 0.6) is 0 Å². The van der Waals surface area contributed by atoms with E-state index in [2.05, 4.69) is 4.99 Å². The van der Waals surface area contributed by atoms with Gasteiger partial charge in [0.1, 0.15) is 0 Å². The Balaban J connectivity index is 2.06. The number of hydrogen-bond donors (Lipinski definition) is 0. The molecule has 1 aliphatic rings. The summed E-state index contributed by atoms with van der Waals surface area (Å²) >= 11 is 0. The molecule has 0 spiro atoms. The third kappa shape index (κ3) is 3.19. The van der Waals surface area contributed by atoms with Gasteiger partial charge in [0.25, 0.3) is 0 Å². The van der Waals surface area contributed by atoms with Crippen molar-refractivity contribution in [3.63, 3.8) is 0 Å². The molecule has 0 unspecified atom stereocenters. The fourth-order valence-electron chi connectivity index (χ4n) is 2.44. The minimum atomic E-state index is -0.120. The minimum Gasteiger partial charge on any atom is -0.469 e. The van der Waals surface area contributed by atoms with Gasteiger partial charge < -0.3 is 4.74 Å². The van der Waals surface area contributed by atoms with Gasteiger partial charge in [-0.15, -0.1) is 0 Å². The van der Waals surface area contributed by atoms with Crippen molar-refractivity contribution in [2.24, 2.45) is 10.9 Å². The monoisotopic (exact) mass is 245 g/mol. The molecule has 0 aliphatic heterocycles. The average Bonchev–Trinajstić information content (AvgIpc) is 2.45. The van der Waals surface area contributed by atoms with Crippen molar-refractivity contribution in [3.8, 4) is 0 Å². The number of methoxy groups -OCH3 is 1. The van der Waals surface area contributed by atoms with Gasteiger partial charge in [0.05, 0.1) is 19.1 Å². The molecule has 2 atom stereocenters. The smallest absolute Gasteiger partial charge is 0.310 e.